The van der Waals surface area contributed by atoms with Crippen molar-refractivity contribution in [1.29, 1.82) is 0 Å². The number of rotatable bonds is 11. The molecule has 1 atom stereocenters. The number of ether oxygens (including phenoxy) is 2. The average molecular weight is 272 g/mol. The first-order valence-corrected chi connectivity index (χ1v) is 7.64. The third kappa shape index (κ3) is 4.15. The van der Waals surface area contributed by atoms with Gasteiger partial charge in [0.1, 0.15) is 0 Å². The van der Waals surface area contributed by atoms with Crippen molar-refractivity contribution in [3.8, 4) is 0 Å². The van der Waals surface area contributed by atoms with E-state index >= 15 is 0 Å². The normalized spacial score (nSPS) is 20.5. The van der Waals surface area contributed by atoms with Crippen LogP contribution in [-0.2, 0) is 9.47 Å². The van der Waals surface area contributed by atoms with Crippen molar-refractivity contribution < 1.29 is 9.47 Å². The Labute approximate surface area is 118 Å². The van der Waals surface area contributed by atoms with Crippen molar-refractivity contribution in [2.45, 2.75) is 46.1 Å². The highest BCUT2D eigenvalue weighted by atomic mass is 16.5. The predicted molar refractivity (Wildman–Crippen MR) is 79.4 cm³/mol. The molecule has 4 heteroatoms. The third-order valence-electron chi connectivity index (χ3n) is 4.82. The van der Waals surface area contributed by atoms with Gasteiger partial charge in [-0.1, -0.05) is 6.92 Å². The largest absolute Gasteiger partial charge is 0.380 e. The molecule has 114 valence electrons. The van der Waals surface area contributed by atoms with E-state index in [-0.39, 0.29) is 5.54 Å². The smallest absolute Gasteiger partial charge is 0.0593 e. The Morgan fingerprint density at radius 1 is 1.11 bits per heavy atom. The SMILES string of the molecule is CCOCCN(CCOCC)C(C)(CN)C1(C)CC1. The van der Waals surface area contributed by atoms with Gasteiger partial charge in [0, 0.05) is 38.4 Å². The Kier molecular flexibility index (Phi) is 6.74. The van der Waals surface area contributed by atoms with Crippen molar-refractivity contribution in [2.24, 2.45) is 11.1 Å². The summed E-state index contributed by atoms with van der Waals surface area (Å²) in [4.78, 5) is 2.48. The molecule has 0 spiro atoms. The summed E-state index contributed by atoms with van der Waals surface area (Å²) in [7, 11) is 0. The summed E-state index contributed by atoms with van der Waals surface area (Å²) in [5, 5.41) is 0. The van der Waals surface area contributed by atoms with E-state index in [1.807, 2.05) is 13.8 Å². The number of hydrogen-bond donors (Lipinski definition) is 1. The van der Waals surface area contributed by atoms with Crippen molar-refractivity contribution in [3.05, 3.63) is 0 Å². The summed E-state index contributed by atoms with van der Waals surface area (Å²) in [6.45, 7) is 14.4. The summed E-state index contributed by atoms with van der Waals surface area (Å²) in [5.74, 6) is 0. The molecule has 1 aliphatic carbocycles. The first-order chi connectivity index (χ1) is 9.04. The minimum atomic E-state index is 0.0567. The van der Waals surface area contributed by atoms with Crippen molar-refractivity contribution in [1.82, 2.24) is 4.90 Å². The van der Waals surface area contributed by atoms with Crippen LogP contribution >= 0.6 is 0 Å². The van der Waals surface area contributed by atoms with Gasteiger partial charge in [-0.25, -0.2) is 0 Å². The van der Waals surface area contributed by atoms with Gasteiger partial charge < -0.3 is 15.2 Å². The van der Waals surface area contributed by atoms with Gasteiger partial charge in [0.25, 0.3) is 0 Å². The molecule has 1 aliphatic rings. The van der Waals surface area contributed by atoms with Crippen LogP contribution in [0, 0.1) is 5.41 Å². The lowest BCUT2D eigenvalue weighted by Crippen LogP contribution is -2.58. The summed E-state index contributed by atoms with van der Waals surface area (Å²) in [5.41, 5.74) is 6.54. The van der Waals surface area contributed by atoms with Crippen LogP contribution in [0.2, 0.25) is 0 Å². The fraction of sp³-hybridized carbons (Fsp3) is 1.00. The van der Waals surface area contributed by atoms with Crippen LogP contribution in [-0.4, -0.2) is 56.5 Å². The molecule has 0 aromatic rings. The van der Waals surface area contributed by atoms with E-state index in [1.54, 1.807) is 0 Å². The lowest BCUT2D eigenvalue weighted by atomic mass is 9.82. The second-order valence-electron chi connectivity index (χ2n) is 5.92. The zero-order valence-electron chi connectivity index (χ0n) is 13.2. The number of hydrogen-bond acceptors (Lipinski definition) is 4. The third-order valence-corrected chi connectivity index (χ3v) is 4.82. The monoisotopic (exact) mass is 272 g/mol. The highest BCUT2D eigenvalue weighted by Gasteiger charge is 2.54. The molecule has 1 rings (SSSR count). The second kappa shape index (κ2) is 7.58. The summed E-state index contributed by atoms with van der Waals surface area (Å²) in [6, 6.07) is 0. The number of nitrogens with zero attached hydrogens (tertiary/aromatic N) is 1. The van der Waals surface area contributed by atoms with Crippen LogP contribution < -0.4 is 5.73 Å². The van der Waals surface area contributed by atoms with Crippen LogP contribution in [0.15, 0.2) is 0 Å². The summed E-state index contributed by atoms with van der Waals surface area (Å²) in [6.07, 6.45) is 2.56. The Bertz CT molecular complexity index is 247. The molecule has 19 heavy (non-hydrogen) atoms. The molecule has 0 amide bonds. The molecule has 0 aromatic heterocycles. The van der Waals surface area contributed by atoms with Gasteiger partial charge in [-0.15, -0.1) is 0 Å². The van der Waals surface area contributed by atoms with Gasteiger partial charge in [-0.05, 0) is 39.0 Å². The van der Waals surface area contributed by atoms with Gasteiger partial charge >= 0.3 is 0 Å². The van der Waals surface area contributed by atoms with Crippen molar-refractivity contribution >= 4 is 0 Å². The van der Waals surface area contributed by atoms with Gasteiger partial charge in [-0.2, -0.15) is 0 Å². The highest BCUT2D eigenvalue weighted by molar-refractivity contribution is 5.09. The molecule has 0 saturated heterocycles. The predicted octanol–water partition coefficient (Wildman–Crippen LogP) is 1.88. The van der Waals surface area contributed by atoms with Gasteiger partial charge in [0.05, 0.1) is 13.2 Å². The van der Waals surface area contributed by atoms with Gasteiger partial charge in [0.2, 0.25) is 0 Å². The molecule has 0 aromatic carbocycles. The van der Waals surface area contributed by atoms with E-state index in [1.165, 1.54) is 12.8 Å². The molecule has 1 fully saturated rings. The van der Waals surface area contributed by atoms with Crippen LogP contribution in [0.4, 0.5) is 0 Å². The Balaban J connectivity index is 2.63. The Hall–Kier alpha value is -0.160. The van der Waals surface area contributed by atoms with Crippen molar-refractivity contribution in [2.75, 3.05) is 46.1 Å². The van der Waals surface area contributed by atoms with E-state index in [0.29, 0.717) is 12.0 Å². The minimum absolute atomic E-state index is 0.0567. The quantitative estimate of drug-likeness (QED) is 0.583. The van der Waals surface area contributed by atoms with Crippen LogP contribution in [0.5, 0.6) is 0 Å². The fourth-order valence-electron chi connectivity index (χ4n) is 2.73. The molecule has 0 heterocycles. The van der Waals surface area contributed by atoms with E-state index in [2.05, 4.69) is 18.7 Å². The van der Waals surface area contributed by atoms with E-state index in [4.69, 9.17) is 15.2 Å². The van der Waals surface area contributed by atoms with Gasteiger partial charge in [0.15, 0.2) is 0 Å². The van der Waals surface area contributed by atoms with Crippen LogP contribution in [0.3, 0.4) is 0 Å². The lowest BCUT2D eigenvalue weighted by molar-refractivity contribution is -0.00171. The molecule has 0 bridgehead atoms. The van der Waals surface area contributed by atoms with E-state index in [0.717, 1.165) is 39.5 Å². The first kappa shape index (κ1) is 16.9. The molecule has 2 N–H and O–H groups in total. The van der Waals surface area contributed by atoms with E-state index in [9.17, 15) is 0 Å². The van der Waals surface area contributed by atoms with Crippen LogP contribution in [0.1, 0.15) is 40.5 Å². The fourth-order valence-corrected chi connectivity index (χ4v) is 2.73. The van der Waals surface area contributed by atoms with Gasteiger partial charge in [-0.3, -0.25) is 4.90 Å². The molecule has 0 aliphatic heterocycles. The summed E-state index contributed by atoms with van der Waals surface area (Å²) < 4.78 is 11.0. The average Bonchev–Trinajstić information content (AvgIpc) is 3.16. The lowest BCUT2D eigenvalue weighted by Gasteiger charge is -2.45. The highest BCUT2D eigenvalue weighted by Crippen LogP contribution is 2.55. The Morgan fingerprint density at radius 3 is 1.89 bits per heavy atom. The Morgan fingerprint density at radius 2 is 1.58 bits per heavy atom. The zero-order chi connectivity index (χ0) is 14.4. The molecular weight excluding hydrogens is 240 g/mol. The van der Waals surface area contributed by atoms with Crippen molar-refractivity contribution in [3.63, 3.8) is 0 Å². The molecule has 1 saturated carbocycles. The zero-order valence-corrected chi connectivity index (χ0v) is 13.2. The first-order valence-electron chi connectivity index (χ1n) is 7.64. The minimum Gasteiger partial charge on any atom is -0.380 e. The topological polar surface area (TPSA) is 47.7 Å². The molecule has 4 nitrogen and oxygen atoms in total. The molecular formula is C15H32N2O2. The number of nitrogens with two attached hydrogens (primary N) is 1. The maximum atomic E-state index is 6.12. The molecule has 1 unspecified atom stereocenters. The molecule has 0 radical (unpaired) electrons. The van der Waals surface area contributed by atoms with E-state index < -0.39 is 0 Å². The van der Waals surface area contributed by atoms with Crippen LogP contribution in [0.25, 0.3) is 0 Å². The standard InChI is InChI=1S/C15H32N2O2/c1-5-18-11-9-17(10-12-19-6-2)15(4,13-16)14(3)7-8-14/h5-13,16H2,1-4H3. The maximum Gasteiger partial charge on any atom is 0.0593 e. The second-order valence-corrected chi connectivity index (χ2v) is 5.92. The summed E-state index contributed by atoms with van der Waals surface area (Å²) >= 11 is 0. The maximum absolute atomic E-state index is 6.12.